The van der Waals surface area contributed by atoms with Gasteiger partial charge in [0, 0.05) is 15.7 Å². The Morgan fingerprint density at radius 2 is 1.56 bits per heavy atom. The highest BCUT2D eigenvalue weighted by molar-refractivity contribution is 9.10. The first-order valence-corrected chi connectivity index (χ1v) is 6.30. The zero-order chi connectivity index (χ0) is 13.0. The van der Waals surface area contributed by atoms with Gasteiger partial charge >= 0.3 is 0 Å². The van der Waals surface area contributed by atoms with Crippen LogP contribution in [0, 0.1) is 0 Å². The molecular formula is C14H12BrF2N. The highest BCUT2D eigenvalue weighted by Crippen LogP contribution is 2.28. The van der Waals surface area contributed by atoms with Gasteiger partial charge in [0.2, 0.25) is 0 Å². The molecule has 4 heteroatoms. The molecule has 2 aromatic carbocycles. The second-order valence-corrected chi connectivity index (χ2v) is 4.85. The van der Waals surface area contributed by atoms with Crippen LogP contribution in [0.15, 0.2) is 59.1 Å². The summed E-state index contributed by atoms with van der Waals surface area (Å²) in [6.45, 7) is -0.418. The molecule has 18 heavy (non-hydrogen) atoms. The average molecular weight is 312 g/mol. The third kappa shape index (κ3) is 3.29. The van der Waals surface area contributed by atoms with E-state index in [4.69, 9.17) is 0 Å². The van der Waals surface area contributed by atoms with Crippen LogP contribution in [0.2, 0.25) is 0 Å². The van der Waals surface area contributed by atoms with Crippen LogP contribution in [-0.2, 0) is 5.92 Å². The minimum Gasteiger partial charge on any atom is -0.379 e. The molecule has 0 fully saturated rings. The number of nitrogens with one attached hydrogen (secondary N) is 1. The zero-order valence-corrected chi connectivity index (χ0v) is 11.1. The maximum absolute atomic E-state index is 13.8. The van der Waals surface area contributed by atoms with Crippen molar-refractivity contribution in [3.63, 3.8) is 0 Å². The van der Waals surface area contributed by atoms with E-state index in [2.05, 4.69) is 21.2 Å². The van der Waals surface area contributed by atoms with Crippen LogP contribution in [0.25, 0.3) is 0 Å². The quantitative estimate of drug-likeness (QED) is 0.866. The largest absolute Gasteiger partial charge is 0.379 e. The first kappa shape index (κ1) is 13.0. The molecule has 0 atom stereocenters. The van der Waals surface area contributed by atoms with E-state index < -0.39 is 12.5 Å². The van der Waals surface area contributed by atoms with Gasteiger partial charge in [-0.15, -0.1) is 0 Å². The summed E-state index contributed by atoms with van der Waals surface area (Å²) in [7, 11) is 0. The first-order valence-electron chi connectivity index (χ1n) is 5.51. The van der Waals surface area contributed by atoms with Gasteiger partial charge in [0.05, 0.1) is 6.54 Å². The average Bonchev–Trinajstić information content (AvgIpc) is 2.39. The van der Waals surface area contributed by atoms with Gasteiger partial charge in [-0.25, -0.2) is 0 Å². The molecule has 0 aliphatic rings. The lowest BCUT2D eigenvalue weighted by molar-refractivity contribution is 0.0106. The van der Waals surface area contributed by atoms with Gasteiger partial charge in [0.15, 0.2) is 0 Å². The second kappa shape index (κ2) is 5.48. The molecular weight excluding hydrogens is 300 g/mol. The summed E-state index contributed by atoms with van der Waals surface area (Å²) in [5.41, 5.74) is 0.698. The van der Waals surface area contributed by atoms with E-state index in [0.29, 0.717) is 5.69 Å². The maximum Gasteiger partial charge on any atom is 0.290 e. The van der Waals surface area contributed by atoms with Crippen molar-refractivity contribution < 1.29 is 8.78 Å². The molecule has 0 heterocycles. The van der Waals surface area contributed by atoms with E-state index >= 15 is 0 Å². The Bertz CT molecular complexity index is 497. The molecule has 0 saturated carbocycles. The molecule has 0 radical (unpaired) electrons. The molecule has 0 spiro atoms. The van der Waals surface area contributed by atoms with Crippen LogP contribution in [0.4, 0.5) is 14.5 Å². The minimum atomic E-state index is -2.88. The van der Waals surface area contributed by atoms with Gasteiger partial charge in [-0.05, 0) is 24.3 Å². The van der Waals surface area contributed by atoms with Crippen LogP contribution in [0.3, 0.4) is 0 Å². The molecule has 0 amide bonds. The molecule has 1 N–H and O–H groups in total. The molecule has 0 aliphatic heterocycles. The number of hydrogen-bond acceptors (Lipinski definition) is 1. The normalized spacial score (nSPS) is 11.3. The smallest absolute Gasteiger partial charge is 0.290 e. The first-order chi connectivity index (χ1) is 8.58. The zero-order valence-electron chi connectivity index (χ0n) is 9.54. The van der Waals surface area contributed by atoms with Gasteiger partial charge in [-0.1, -0.05) is 46.3 Å². The topological polar surface area (TPSA) is 12.0 Å². The van der Waals surface area contributed by atoms with Crippen molar-refractivity contribution in [1.29, 1.82) is 0 Å². The lowest BCUT2D eigenvalue weighted by atomic mass is 10.1. The summed E-state index contributed by atoms with van der Waals surface area (Å²) in [4.78, 5) is 0. The molecule has 0 saturated heterocycles. The standard InChI is InChI=1S/C14H12BrF2N/c15-12-6-8-13(9-7-12)18-10-14(16,17)11-4-2-1-3-5-11/h1-9,18H,10H2. The van der Waals surface area contributed by atoms with Crippen molar-refractivity contribution in [3.05, 3.63) is 64.6 Å². The van der Waals surface area contributed by atoms with Crippen LogP contribution in [0.1, 0.15) is 5.56 Å². The number of alkyl halides is 2. The highest BCUT2D eigenvalue weighted by atomic mass is 79.9. The number of benzene rings is 2. The summed E-state index contributed by atoms with van der Waals surface area (Å²) < 4.78 is 28.6. The predicted octanol–water partition coefficient (Wildman–Crippen LogP) is 4.65. The summed E-state index contributed by atoms with van der Waals surface area (Å²) in [6, 6.07) is 14.9. The SMILES string of the molecule is FC(F)(CNc1ccc(Br)cc1)c1ccccc1. The minimum absolute atomic E-state index is 0.0228. The van der Waals surface area contributed by atoms with Crippen molar-refractivity contribution in [1.82, 2.24) is 0 Å². The van der Waals surface area contributed by atoms with Crippen LogP contribution in [-0.4, -0.2) is 6.54 Å². The third-order valence-corrected chi connectivity index (χ3v) is 3.08. The lowest BCUT2D eigenvalue weighted by Gasteiger charge is -2.18. The fraction of sp³-hybridized carbons (Fsp3) is 0.143. The molecule has 0 aromatic heterocycles. The lowest BCUT2D eigenvalue weighted by Crippen LogP contribution is -2.24. The van der Waals surface area contributed by atoms with Crippen molar-refractivity contribution in [2.75, 3.05) is 11.9 Å². The Kier molecular flexibility index (Phi) is 3.97. The molecule has 0 aliphatic carbocycles. The Balaban J connectivity index is 2.03. The van der Waals surface area contributed by atoms with Crippen molar-refractivity contribution in [2.24, 2.45) is 0 Å². The summed E-state index contributed by atoms with van der Waals surface area (Å²) >= 11 is 3.30. The monoisotopic (exact) mass is 311 g/mol. The van der Waals surface area contributed by atoms with Gasteiger partial charge in [0.1, 0.15) is 0 Å². The third-order valence-electron chi connectivity index (χ3n) is 2.55. The summed E-state index contributed by atoms with van der Waals surface area (Å²) in [6.07, 6.45) is 0. The molecule has 2 aromatic rings. The second-order valence-electron chi connectivity index (χ2n) is 3.93. The Labute approximate surface area is 113 Å². The maximum atomic E-state index is 13.8. The van der Waals surface area contributed by atoms with E-state index in [0.717, 1.165) is 4.47 Å². The van der Waals surface area contributed by atoms with Crippen molar-refractivity contribution in [2.45, 2.75) is 5.92 Å². The van der Waals surface area contributed by atoms with Crippen LogP contribution in [0.5, 0.6) is 0 Å². The van der Waals surface area contributed by atoms with E-state index in [1.807, 2.05) is 12.1 Å². The van der Waals surface area contributed by atoms with Crippen LogP contribution < -0.4 is 5.32 Å². The van der Waals surface area contributed by atoms with Crippen molar-refractivity contribution >= 4 is 21.6 Å². The van der Waals surface area contributed by atoms with E-state index in [9.17, 15) is 8.78 Å². The number of anilines is 1. The Morgan fingerprint density at radius 1 is 0.944 bits per heavy atom. The van der Waals surface area contributed by atoms with Gasteiger partial charge in [-0.3, -0.25) is 0 Å². The van der Waals surface area contributed by atoms with E-state index in [1.165, 1.54) is 12.1 Å². The summed E-state index contributed by atoms with van der Waals surface area (Å²) in [5, 5.41) is 2.74. The number of hydrogen-bond donors (Lipinski definition) is 1. The number of halogens is 3. The molecule has 0 unspecified atom stereocenters. The number of rotatable bonds is 4. The van der Waals surface area contributed by atoms with Gasteiger partial charge in [0.25, 0.3) is 5.92 Å². The molecule has 1 nitrogen and oxygen atoms in total. The summed E-state index contributed by atoms with van der Waals surface area (Å²) in [5.74, 6) is -2.88. The Morgan fingerprint density at radius 3 is 2.17 bits per heavy atom. The molecule has 0 bridgehead atoms. The van der Waals surface area contributed by atoms with Gasteiger partial charge in [-0.2, -0.15) is 8.78 Å². The molecule has 94 valence electrons. The van der Waals surface area contributed by atoms with E-state index in [1.54, 1.807) is 30.3 Å². The van der Waals surface area contributed by atoms with Crippen LogP contribution >= 0.6 is 15.9 Å². The van der Waals surface area contributed by atoms with Gasteiger partial charge < -0.3 is 5.32 Å². The van der Waals surface area contributed by atoms with E-state index in [-0.39, 0.29) is 5.56 Å². The fourth-order valence-corrected chi connectivity index (χ4v) is 1.83. The fourth-order valence-electron chi connectivity index (χ4n) is 1.56. The Hall–Kier alpha value is -1.42. The highest BCUT2D eigenvalue weighted by Gasteiger charge is 2.30. The molecule has 2 rings (SSSR count). The van der Waals surface area contributed by atoms with Crippen molar-refractivity contribution in [3.8, 4) is 0 Å². The predicted molar refractivity (Wildman–Crippen MR) is 73.0 cm³/mol.